The van der Waals surface area contributed by atoms with Crippen LogP contribution >= 0.6 is 7.14 Å². The van der Waals surface area contributed by atoms with E-state index < -0.39 is 42.0 Å². The molecule has 1 aliphatic rings. The van der Waals surface area contributed by atoms with Crippen LogP contribution in [0.25, 0.3) is 0 Å². The lowest BCUT2D eigenvalue weighted by atomic mass is 10.0. The molecule has 1 aromatic carbocycles. The van der Waals surface area contributed by atoms with Crippen molar-refractivity contribution in [3.8, 4) is 0 Å². The van der Waals surface area contributed by atoms with Crippen molar-refractivity contribution in [2.75, 3.05) is 19.4 Å². The van der Waals surface area contributed by atoms with E-state index in [2.05, 4.69) is 5.32 Å². The van der Waals surface area contributed by atoms with E-state index in [0.29, 0.717) is 5.30 Å². The fourth-order valence-electron chi connectivity index (χ4n) is 3.23. The van der Waals surface area contributed by atoms with Gasteiger partial charge in [0.2, 0.25) is 0 Å². The monoisotopic (exact) mass is 438 g/mol. The zero-order valence-corrected chi connectivity index (χ0v) is 18.1. The van der Waals surface area contributed by atoms with Gasteiger partial charge in [0.15, 0.2) is 5.57 Å². The Bertz CT molecular complexity index is 867. The first-order valence-corrected chi connectivity index (χ1v) is 11.6. The van der Waals surface area contributed by atoms with Gasteiger partial charge < -0.3 is 24.5 Å². The molecule has 0 bridgehead atoms. The molecule has 1 aliphatic heterocycles. The van der Waals surface area contributed by atoms with E-state index in [1.54, 1.807) is 44.2 Å². The lowest BCUT2D eigenvalue weighted by Crippen LogP contribution is -2.52. The Morgan fingerprint density at radius 1 is 1.23 bits per heavy atom. The fraction of sp³-hybridized carbons (Fsp3) is 0.450. The summed E-state index contributed by atoms with van der Waals surface area (Å²) in [6.45, 7) is 4.96. The van der Waals surface area contributed by atoms with Crippen LogP contribution in [0.5, 0.6) is 0 Å². The topological polar surface area (TPSA) is 131 Å². The number of hydrogen-bond donors (Lipinski definition) is 3. The number of carbonyl (C=O) groups is 3. The summed E-state index contributed by atoms with van der Waals surface area (Å²) in [5.41, 5.74) is -1.92. The highest BCUT2D eigenvalue weighted by Gasteiger charge is 2.53. The highest BCUT2D eigenvalue weighted by molar-refractivity contribution is 7.72. The zero-order chi connectivity index (χ0) is 22.4. The maximum Gasteiger partial charge on any atom is 0.346 e. The van der Waals surface area contributed by atoms with Gasteiger partial charge >= 0.3 is 12.0 Å². The summed E-state index contributed by atoms with van der Waals surface area (Å²) >= 11 is 0. The Labute approximate surface area is 175 Å². The Morgan fingerprint density at radius 3 is 2.50 bits per heavy atom. The minimum Gasteiger partial charge on any atom is -0.500 e. The number of imide groups is 1. The quantitative estimate of drug-likeness (QED) is 0.147. The number of nitrogens with one attached hydrogen (secondary N) is 2. The van der Waals surface area contributed by atoms with E-state index in [0.717, 1.165) is 6.26 Å². The number of ether oxygens (including phenoxy) is 2. The highest BCUT2D eigenvalue weighted by Crippen LogP contribution is 2.59. The maximum atomic E-state index is 13.7. The molecular weight excluding hydrogens is 411 g/mol. The van der Waals surface area contributed by atoms with Crippen LogP contribution < -0.4 is 15.9 Å². The summed E-state index contributed by atoms with van der Waals surface area (Å²) in [5.74, 6) is -3.08. The number of aliphatic hydroxyl groups is 1. The molecule has 1 fully saturated rings. The van der Waals surface area contributed by atoms with E-state index in [1.807, 2.05) is 5.32 Å². The summed E-state index contributed by atoms with van der Waals surface area (Å²) < 4.78 is 23.4. The van der Waals surface area contributed by atoms with Gasteiger partial charge in [0.1, 0.15) is 19.2 Å². The molecule has 2 rings (SSSR count). The summed E-state index contributed by atoms with van der Waals surface area (Å²) in [7, 11) is -3.19. The van der Waals surface area contributed by atoms with Crippen LogP contribution in [-0.2, 0) is 23.6 Å². The summed E-state index contributed by atoms with van der Waals surface area (Å²) in [5, 5.41) is 15.7. The first kappa shape index (κ1) is 23.6. The predicted octanol–water partition coefficient (Wildman–Crippen LogP) is 1.47. The third-order valence-electron chi connectivity index (χ3n) is 4.75. The van der Waals surface area contributed by atoms with Crippen molar-refractivity contribution < 1.29 is 33.5 Å². The average Bonchev–Trinajstić information content (AvgIpc) is 2.94. The van der Waals surface area contributed by atoms with E-state index >= 15 is 0 Å². The molecular formula is C20H27N2O7P. The van der Waals surface area contributed by atoms with Gasteiger partial charge in [-0.2, -0.15) is 0 Å². The van der Waals surface area contributed by atoms with E-state index in [-0.39, 0.29) is 25.8 Å². The molecule has 3 amide bonds. The molecule has 0 aliphatic carbocycles. The van der Waals surface area contributed by atoms with Crippen molar-refractivity contribution in [1.82, 2.24) is 10.6 Å². The van der Waals surface area contributed by atoms with Gasteiger partial charge in [-0.05, 0) is 27.2 Å². The zero-order valence-electron chi connectivity index (χ0n) is 17.2. The molecule has 1 aromatic rings. The molecule has 0 aromatic heterocycles. The number of hydrogen-bond acceptors (Lipinski definition) is 7. The highest BCUT2D eigenvalue weighted by atomic mass is 31.2. The molecule has 0 saturated carbocycles. The summed E-state index contributed by atoms with van der Waals surface area (Å²) in [6.07, 6.45) is 1.35. The third kappa shape index (κ3) is 5.29. The Morgan fingerprint density at radius 2 is 1.90 bits per heavy atom. The van der Waals surface area contributed by atoms with Crippen LogP contribution in [0.15, 0.2) is 42.2 Å². The second kappa shape index (κ2) is 9.91. The summed E-state index contributed by atoms with van der Waals surface area (Å²) in [6, 6.07) is 7.61. The van der Waals surface area contributed by atoms with Crippen LogP contribution in [0.3, 0.4) is 0 Å². The predicted molar refractivity (Wildman–Crippen MR) is 111 cm³/mol. The molecule has 0 radical (unpaired) electrons. The van der Waals surface area contributed by atoms with Crippen molar-refractivity contribution in [2.24, 2.45) is 0 Å². The smallest absolute Gasteiger partial charge is 0.346 e. The van der Waals surface area contributed by atoms with Gasteiger partial charge in [0, 0.05) is 11.5 Å². The third-order valence-corrected chi connectivity index (χ3v) is 8.33. The number of amides is 3. The van der Waals surface area contributed by atoms with Gasteiger partial charge in [0.05, 0.1) is 18.8 Å². The molecule has 9 nitrogen and oxygen atoms in total. The lowest BCUT2D eigenvalue weighted by molar-refractivity contribution is -0.140. The fourth-order valence-corrected chi connectivity index (χ4v) is 6.86. The van der Waals surface area contributed by atoms with Crippen molar-refractivity contribution in [2.45, 2.75) is 38.6 Å². The minimum atomic E-state index is -3.19. The molecule has 1 saturated heterocycles. The van der Waals surface area contributed by atoms with Crippen LogP contribution in [0.1, 0.15) is 27.2 Å². The largest absolute Gasteiger partial charge is 0.500 e. The lowest BCUT2D eigenvalue weighted by Gasteiger charge is -2.30. The molecule has 10 heteroatoms. The first-order valence-electron chi connectivity index (χ1n) is 9.63. The normalized spacial score (nSPS) is 26.0. The van der Waals surface area contributed by atoms with Gasteiger partial charge in [0.25, 0.3) is 5.91 Å². The van der Waals surface area contributed by atoms with Crippen molar-refractivity contribution >= 4 is 30.4 Å². The van der Waals surface area contributed by atoms with Gasteiger partial charge in [-0.1, -0.05) is 30.3 Å². The van der Waals surface area contributed by atoms with E-state index in [1.165, 1.54) is 6.92 Å². The number of urea groups is 1. The van der Waals surface area contributed by atoms with Crippen molar-refractivity contribution in [1.29, 1.82) is 0 Å². The SMILES string of the molecule is CCO/C=C(/C(=O)NC(=O)N[C@H]1[C@](C)(O)CC[P@]1(=O)c1ccccc1)C(=O)OCC. The minimum absolute atomic E-state index is 0.0347. The molecule has 3 atom stereocenters. The van der Waals surface area contributed by atoms with Gasteiger partial charge in [-0.3, -0.25) is 10.1 Å². The second-order valence-corrected chi connectivity index (χ2v) is 10.1. The second-order valence-electron chi connectivity index (χ2n) is 7.00. The molecule has 164 valence electrons. The molecule has 30 heavy (non-hydrogen) atoms. The first-order chi connectivity index (χ1) is 14.2. The standard InChI is InChI=1S/C20H27N2O7P/c1-4-28-13-15(17(24)29-5-2)16(23)21-19(25)22-18-20(3,26)11-12-30(18,27)14-9-7-6-8-10-14/h6-10,13,18,26H,4-5,11-12H2,1-3H3,(H2,21,22,23,25)/b15-13-/t18-,20-,30+/m1/s1. The van der Waals surface area contributed by atoms with Crippen LogP contribution in [0, 0.1) is 0 Å². The number of carbonyl (C=O) groups excluding carboxylic acids is 3. The van der Waals surface area contributed by atoms with E-state index in [9.17, 15) is 24.1 Å². The molecule has 0 spiro atoms. The Balaban J connectivity index is 2.19. The Kier molecular flexibility index (Phi) is 7.81. The number of esters is 1. The van der Waals surface area contributed by atoms with Crippen molar-refractivity contribution in [3.63, 3.8) is 0 Å². The van der Waals surface area contributed by atoms with Crippen LogP contribution in [0.2, 0.25) is 0 Å². The molecule has 0 unspecified atom stereocenters. The average molecular weight is 438 g/mol. The van der Waals surface area contributed by atoms with Crippen molar-refractivity contribution in [3.05, 3.63) is 42.2 Å². The van der Waals surface area contributed by atoms with Gasteiger partial charge in [-0.15, -0.1) is 0 Å². The van der Waals surface area contributed by atoms with Crippen LogP contribution in [-0.4, -0.2) is 53.8 Å². The van der Waals surface area contributed by atoms with E-state index in [4.69, 9.17) is 9.47 Å². The molecule has 3 N–H and O–H groups in total. The summed E-state index contributed by atoms with van der Waals surface area (Å²) in [4.78, 5) is 36.8. The van der Waals surface area contributed by atoms with Crippen LogP contribution in [0.4, 0.5) is 4.79 Å². The maximum absolute atomic E-state index is 13.7. The number of rotatable bonds is 7. The number of benzene rings is 1. The Hall–Kier alpha value is -2.64. The van der Waals surface area contributed by atoms with Gasteiger partial charge in [-0.25, -0.2) is 9.59 Å². The molecule has 1 heterocycles.